The van der Waals surface area contributed by atoms with Gasteiger partial charge in [0.1, 0.15) is 5.82 Å². The van der Waals surface area contributed by atoms with Gasteiger partial charge in [0, 0.05) is 30.6 Å². The number of amides is 1. The molecule has 0 bridgehead atoms. The van der Waals surface area contributed by atoms with E-state index in [1.807, 2.05) is 48.5 Å². The van der Waals surface area contributed by atoms with E-state index >= 15 is 0 Å². The highest BCUT2D eigenvalue weighted by Gasteiger charge is 2.34. The smallest absolute Gasteiger partial charge is 0.230 e. The highest BCUT2D eigenvalue weighted by Crippen LogP contribution is 2.29. The minimum atomic E-state index is -0.0897. The zero-order chi connectivity index (χ0) is 16.4. The third kappa shape index (κ3) is 3.98. The van der Waals surface area contributed by atoms with Crippen molar-refractivity contribution < 1.29 is 4.79 Å². The Hall–Kier alpha value is -2.14. The lowest BCUT2D eigenvalue weighted by molar-refractivity contribution is -0.119. The van der Waals surface area contributed by atoms with Gasteiger partial charge in [-0.15, -0.1) is 24.8 Å². The van der Waals surface area contributed by atoms with Gasteiger partial charge in [0.2, 0.25) is 5.91 Å². The molecule has 0 spiro atoms. The normalized spacial score (nSPS) is 18.6. The first-order valence-corrected chi connectivity index (χ1v) is 8.23. The van der Waals surface area contributed by atoms with Gasteiger partial charge in [-0.1, -0.05) is 54.6 Å². The molecule has 136 valence electrons. The van der Waals surface area contributed by atoms with Crippen LogP contribution in [0.5, 0.6) is 0 Å². The molecule has 3 aromatic rings. The van der Waals surface area contributed by atoms with E-state index in [0.29, 0.717) is 12.4 Å². The third-order valence-corrected chi connectivity index (χ3v) is 4.69. The predicted octanol–water partition coefficient (Wildman–Crippen LogP) is 4.02. The minimum absolute atomic E-state index is 0. The van der Waals surface area contributed by atoms with Crippen molar-refractivity contribution in [3.8, 4) is 0 Å². The number of anilines is 1. The molecule has 1 aliphatic rings. The van der Waals surface area contributed by atoms with Crippen LogP contribution < -0.4 is 10.6 Å². The van der Waals surface area contributed by atoms with Gasteiger partial charge in [-0.2, -0.15) is 0 Å². The van der Waals surface area contributed by atoms with Gasteiger partial charge in [0.25, 0.3) is 0 Å². The van der Waals surface area contributed by atoms with Crippen molar-refractivity contribution in [1.29, 1.82) is 0 Å². The van der Waals surface area contributed by atoms with E-state index in [2.05, 4.69) is 27.8 Å². The first-order valence-electron chi connectivity index (χ1n) is 8.23. The Morgan fingerprint density at radius 2 is 1.69 bits per heavy atom. The number of nitrogens with zero attached hydrogens (tertiary/aromatic N) is 1. The van der Waals surface area contributed by atoms with Gasteiger partial charge in [0.15, 0.2) is 0 Å². The molecule has 26 heavy (non-hydrogen) atoms. The summed E-state index contributed by atoms with van der Waals surface area (Å²) in [4.78, 5) is 17.2. The van der Waals surface area contributed by atoms with Crippen LogP contribution in [0.2, 0.25) is 0 Å². The maximum atomic E-state index is 12.9. The van der Waals surface area contributed by atoms with E-state index < -0.39 is 0 Å². The Kier molecular flexibility index (Phi) is 6.98. The average Bonchev–Trinajstić information content (AvgIpc) is 3.13. The van der Waals surface area contributed by atoms with Crippen molar-refractivity contribution in [2.75, 3.05) is 18.4 Å². The highest BCUT2D eigenvalue weighted by molar-refractivity contribution is 6.01. The summed E-state index contributed by atoms with van der Waals surface area (Å²) >= 11 is 0. The number of carbonyl (C=O) groups is 1. The molecule has 0 saturated carbocycles. The number of aromatic nitrogens is 1. The standard InChI is InChI=1S/C20H19N3O.2ClH/c24-20(18-13-21-12-17(18)14-6-2-1-3-7-14)23-19-16-9-5-4-8-15(16)10-11-22-19;;/h1-11,17-18,21H,12-13H2,(H,22,23,24);2*1H/t17-,18+;;/m1../s1. The largest absolute Gasteiger partial charge is 0.315 e. The van der Waals surface area contributed by atoms with Gasteiger partial charge in [-0.05, 0) is 17.0 Å². The third-order valence-electron chi connectivity index (χ3n) is 4.69. The fourth-order valence-electron chi connectivity index (χ4n) is 3.43. The number of halogens is 2. The number of hydrogen-bond acceptors (Lipinski definition) is 3. The maximum Gasteiger partial charge on any atom is 0.230 e. The Balaban J connectivity index is 0.00000121. The average molecular weight is 390 g/mol. The van der Waals surface area contributed by atoms with E-state index in [4.69, 9.17) is 0 Å². The summed E-state index contributed by atoms with van der Waals surface area (Å²) in [5, 5.41) is 8.42. The Morgan fingerprint density at radius 3 is 2.50 bits per heavy atom. The fourth-order valence-corrected chi connectivity index (χ4v) is 3.43. The van der Waals surface area contributed by atoms with Gasteiger partial charge in [-0.25, -0.2) is 4.98 Å². The Bertz CT molecular complexity index is 868. The molecule has 1 aliphatic heterocycles. The van der Waals surface area contributed by atoms with Crippen molar-refractivity contribution in [1.82, 2.24) is 10.3 Å². The van der Waals surface area contributed by atoms with Crippen LogP contribution in [-0.2, 0) is 4.79 Å². The zero-order valence-electron chi connectivity index (χ0n) is 14.1. The molecule has 4 rings (SSSR count). The SMILES string of the molecule is Cl.Cl.O=C(Nc1nccc2ccccc12)[C@H]1CNC[C@@H]1c1ccccc1. The molecule has 2 N–H and O–H groups in total. The van der Waals surface area contributed by atoms with Crippen LogP contribution in [0.1, 0.15) is 11.5 Å². The van der Waals surface area contributed by atoms with Gasteiger partial charge < -0.3 is 10.6 Å². The second kappa shape index (κ2) is 8.99. The Morgan fingerprint density at radius 1 is 0.962 bits per heavy atom. The number of nitrogens with one attached hydrogen (secondary N) is 2. The molecule has 6 heteroatoms. The van der Waals surface area contributed by atoms with Crippen molar-refractivity contribution in [3.63, 3.8) is 0 Å². The molecule has 1 saturated heterocycles. The number of hydrogen-bond donors (Lipinski definition) is 2. The summed E-state index contributed by atoms with van der Waals surface area (Å²) in [6.45, 7) is 1.52. The summed E-state index contributed by atoms with van der Waals surface area (Å²) in [7, 11) is 0. The summed E-state index contributed by atoms with van der Waals surface area (Å²) in [5.41, 5.74) is 1.20. The molecule has 0 unspecified atom stereocenters. The van der Waals surface area contributed by atoms with Crippen LogP contribution >= 0.6 is 24.8 Å². The van der Waals surface area contributed by atoms with Crippen LogP contribution in [0.15, 0.2) is 66.9 Å². The van der Waals surface area contributed by atoms with Crippen molar-refractivity contribution in [2.45, 2.75) is 5.92 Å². The van der Waals surface area contributed by atoms with E-state index in [-0.39, 0.29) is 42.6 Å². The summed E-state index contributed by atoms with van der Waals surface area (Å²) in [5.74, 6) is 0.767. The molecule has 2 atom stereocenters. The molecule has 1 aromatic heterocycles. The molecule has 2 aromatic carbocycles. The monoisotopic (exact) mass is 389 g/mol. The second-order valence-corrected chi connectivity index (χ2v) is 6.15. The van der Waals surface area contributed by atoms with Crippen LogP contribution in [0.3, 0.4) is 0 Å². The van der Waals surface area contributed by atoms with Gasteiger partial charge in [0.05, 0.1) is 5.92 Å². The van der Waals surface area contributed by atoms with Crippen molar-refractivity contribution in [3.05, 3.63) is 72.4 Å². The maximum absolute atomic E-state index is 12.9. The lowest BCUT2D eigenvalue weighted by Crippen LogP contribution is -2.28. The van der Waals surface area contributed by atoms with E-state index in [0.717, 1.165) is 17.3 Å². The lowest BCUT2D eigenvalue weighted by Gasteiger charge is -2.18. The van der Waals surface area contributed by atoms with Crippen molar-refractivity contribution >= 4 is 47.3 Å². The highest BCUT2D eigenvalue weighted by atomic mass is 35.5. The summed E-state index contributed by atoms with van der Waals surface area (Å²) in [6.07, 6.45) is 1.74. The number of pyridine rings is 1. The summed E-state index contributed by atoms with van der Waals surface area (Å²) < 4.78 is 0. The van der Waals surface area contributed by atoms with Gasteiger partial charge >= 0.3 is 0 Å². The van der Waals surface area contributed by atoms with E-state index in [9.17, 15) is 4.79 Å². The van der Waals surface area contributed by atoms with Crippen LogP contribution in [0.4, 0.5) is 5.82 Å². The number of fused-ring (bicyclic) bond motifs is 1. The zero-order valence-corrected chi connectivity index (χ0v) is 15.7. The molecular weight excluding hydrogens is 369 g/mol. The van der Waals surface area contributed by atoms with Crippen molar-refractivity contribution in [2.24, 2.45) is 5.92 Å². The first kappa shape index (κ1) is 20.2. The quantitative estimate of drug-likeness (QED) is 0.710. The molecular formula is C20H21Cl2N3O. The van der Waals surface area contributed by atoms with Crippen LogP contribution in [0, 0.1) is 5.92 Å². The molecule has 2 heterocycles. The molecule has 4 nitrogen and oxygen atoms in total. The first-order chi connectivity index (χ1) is 11.8. The number of benzene rings is 2. The van der Waals surface area contributed by atoms with E-state index in [1.165, 1.54) is 5.56 Å². The predicted molar refractivity (Wildman–Crippen MR) is 110 cm³/mol. The second-order valence-electron chi connectivity index (χ2n) is 6.15. The lowest BCUT2D eigenvalue weighted by atomic mass is 9.88. The van der Waals surface area contributed by atoms with Crippen LogP contribution in [0.25, 0.3) is 10.8 Å². The minimum Gasteiger partial charge on any atom is -0.315 e. The molecule has 1 fully saturated rings. The van der Waals surface area contributed by atoms with Crippen LogP contribution in [-0.4, -0.2) is 24.0 Å². The molecule has 0 aliphatic carbocycles. The molecule has 0 radical (unpaired) electrons. The number of rotatable bonds is 3. The fraction of sp³-hybridized carbons (Fsp3) is 0.200. The van der Waals surface area contributed by atoms with Gasteiger partial charge in [-0.3, -0.25) is 4.79 Å². The van der Waals surface area contributed by atoms with E-state index in [1.54, 1.807) is 6.20 Å². The number of carbonyl (C=O) groups excluding carboxylic acids is 1. The Labute approximate surface area is 165 Å². The topological polar surface area (TPSA) is 54.0 Å². The molecule has 1 amide bonds. The summed E-state index contributed by atoms with van der Waals surface area (Å²) in [6, 6.07) is 20.1.